The second-order valence-corrected chi connectivity index (χ2v) is 8.65. The average Bonchev–Trinajstić information content (AvgIpc) is 3.49. The van der Waals surface area contributed by atoms with E-state index in [0.29, 0.717) is 11.3 Å². The van der Waals surface area contributed by atoms with E-state index < -0.39 is 34.9 Å². The van der Waals surface area contributed by atoms with Crippen molar-refractivity contribution >= 4 is 44.7 Å². The third-order valence-corrected chi connectivity index (χ3v) is 6.35. The highest BCUT2D eigenvalue weighted by atomic mass is 32.1. The van der Waals surface area contributed by atoms with E-state index in [2.05, 4.69) is 20.5 Å². The summed E-state index contributed by atoms with van der Waals surface area (Å²) < 4.78 is 29.8. The topological polar surface area (TPSA) is 164 Å². The summed E-state index contributed by atoms with van der Waals surface area (Å²) in [5, 5.41) is 21.9. The Balaban J connectivity index is 1.88. The second kappa shape index (κ2) is 8.83. The molecule has 15 heteroatoms. The zero-order valence-electron chi connectivity index (χ0n) is 18.5. The molecule has 0 aliphatic rings. The minimum Gasteiger partial charge on any atom is -0.365 e. The van der Waals surface area contributed by atoms with E-state index in [1.807, 2.05) is 0 Å². The number of rotatable bonds is 7. The molecule has 0 spiro atoms. The molecule has 4 rings (SSSR count). The fourth-order valence-corrected chi connectivity index (χ4v) is 4.59. The molecule has 0 saturated carbocycles. The standard InChI is InChI=1S/C20H18F2N8O4S/c1-8-12(7-28(3)27-8)11-4-13(17(21)22)25-20-14(11)15(16(35-20)18(23)31)26-19(32)9(2)29-6-10(5-24-29)30(33)34/h4-7,9,17H,1-3H3,(H2,23,31)(H,26,32). The molecule has 0 aliphatic carbocycles. The molecule has 4 heterocycles. The summed E-state index contributed by atoms with van der Waals surface area (Å²) in [5.41, 5.74) is 6.04. The van der Waals surface area contributed by atoms with Crippen LogP contribution in [-0.4, -0.2) is 41.3 Å². The maximum absolute atomic E-state index is 13.6. The molecule has 35 heavy (non-hydrogen) atoms. The summed E-state index contributed by atoms with van der Waals surface area (Å²) in [6.07, 6.45) is 0.824. The van der Waals surface area contributed by atoms with Crippen LogP contribution in [-0.2, 0) is 11.8 Å². The van der Waals surface area contributed by atoms with Crippen LogP contribution >= 0.6 is 11.3 Å². The number of thiophene rings is 1. The van der Waals surface area contributed by atoms with Crippen LogP contribution in [0.15, 0.2) is 24.7 Å². The van der Waals surface area contributed by atoms with E-state index in [1.165, 1.54) is 17.7 Å². The van der Waals surface area contributed by atoms with Crippen molar-refractivity contribution in [3.8, 4) is 11.1 Å². The summed E-state index contributed by atoms with van der Waals surface area (Å²) in [5.74, 6) is -1.56. The number of pyridine rings is 1. The van der Waals surface area contributed by atoms with Gasteiger partial charge in [0.2, 0.25) is 5.91 Å². The molecule has 0 saturated heterocycles. The summed E-state index contributed by atoms with van der Waals surface area (Å²) in [6, 6.07) is 0.168. The number of primary amides is 1. The van der Waals surface area contributed by atoms with E-state index in [1.54, 1.807) is 20.2 Å². The second-order valence-electron chi connectivity index (χ2n) is 7.65. The number of carbonyl (C=O) groups is 2. The Bertz CT molecular complexity index is 1490. The van der Waals surface area contributed by atoms with Crippen molar-refractivity contribution in [2.75, 3.05) is 5.32 Å². The van der Waals surface area contributed by atoms with Crippen molar-refractivity contribution in [3.63, 3.8) is 0 Å². The molecule has 182 valence electrons. The lowest BCUT2D eigenvalue weighted by molar-refractivity contribution is -0.385. The highest BCUT2D eigenvalue weighted by Crippen LogP contribution is 2.43. The Morgan fingerprint density at radius 1 is 1.29 bits per heavy atom. The zero-order chi connectivity index (χ0) is 25.6. The average molecular weight is 504 g/mol. The highest BCUT2D eigenvalue weighted by Gasteiger charge is 2.28. The Kier molecular flexibility index (Phi) is 6.02. The van der Waals surface area contributed by atoms with Gasteiger partial charge in [-0.2, -0.15) is 10.2 Å². The maximum Gasteiger partial charge on any atom is 0.307 e. The molecule has 1 unspecified atom stereocenters. The van der Waals surface area contributed by atoms with E-state index >= 15 is 0 Å². The number of nitrogens with two attached hydrogens (primary N) is 1. The quantitative estimate of drug-likeness (QED) is 0.288. The van der Waals surface area contributed by atoms with E-state index in [4.69, 9.17) is 5.73 Å². The number of hydrogen-bond acceptors (Lipinski definition) is 8. The third-order valence-electron chi connectivity index (χ3n) is 5.26. The van der Waals surface area contributed by atoms with Crippen LogP contribution in [0.3, 0.4) is 0 Å². The Morgan fingerprint density at radius 2 is 2.00 bits per heavy atom. The number of nitro groups is 1. The number of halogens is 2. The molecule has 0 fully saturated rings. The predicted octanol–water partition coefficient (Wildman–Crippen LogP) is 3.35. The minimum absolute atomic E-state index is 0.00238. The third kappa shape index (κ3) is 4.32. The molecule has 3 N–H and O–H groups in total. The first-order chi connectivity index (χ1) is 16.5. The first-order valence-electron chi connectivity index (χ1n) is 10.0. The summed E-state index contributed by atoms with van der Waals surface area (Å²) in [6.45, 7) is 3.14. The largest absolute Gasteiger partial charge is 0.365 e. The van der Waals surface area contributed by atoms with Gasteiger partial charge in [-0.3, -0.25) is 29.1 Å². The van der Waals surface area contributed by atoms with Crippen molar-refractivity contribution in [1.29, 1.82) is 0 Å². The molecule has 2 amide bonds. The van der Waals surface area contributed by atoms with Crippen molar-refractivity contribution < 1.29 is 23.3 Å². The van der Waals surface area contributed by atoms with Crippen LogP contribution in [0.4, 0.5) is 20.2 Å². The number of carbonyl (C=O) groups excluding carboxylic acids is 2. The smallest absolute Gasteiger partial charge is 0.307 e. The normalized spacial score (nSPS) is 12.3. The zero-order valence-corrected chi connectivity index (χ0v) is 19.3. The fraction of sp³-hybridized carbons (Fsp3) is 0.250. The van der Waals surface area contributed by atoms with Crippen LogP contribution in [0, 0.1) is 17.0 Å². The van der Waals surface area contributed by atoms with E-state index in [0.717, 1.165) is 28.4 Å². The van der Waals surface area contributed by atoms with Gasteiger partial charge < -0.3 is 11.1 Å². The lowest BCUT2D eigenvalue weighted by Gasteiger charge is -2.14. The Labute approximate surface area is 199 Å². The molecule has 0 radical (unpaired) electrons. The van der Waals surface area contributed by atoms with Crippen molar-refractivity contribution in [3.05, 3.63) is 51.0 Å². The lowest BCUT2D eigenvalue weighted by Crippen LogP contribution is -2.25. The van der Waals surface area contributed by atoms with Crippen LogP contribution in [0.5, 0.6) is 0 Å². The van der Waals surface area contributed by atoms with Gasteiger partial charge in [0.25, 0.3) is 12.3 Å². The van der Waals surface area contributed by atoms with E-state index in [-0.39, 0.29) is 32.0 Å². The fourth-order valence-electron chi connectivity index (χ4n) is 3.58. The Morgan fingerprint density at radius 3 is 2.54 bits per heavy atom. The van der Waals surface area contributed by atoms with Crippen LogP contribution in [0.25, 0.3) is 21.3 Å². The van der Waals surface area contributed by atoms with Crippen LogP contribution in [0.2, 0.25) is 0 Å². The monoisotopic (exact) mass is 504 g/mol. The van der Waals surface area contributed by atoms with Crippen molar-refractivity contribution in [2.24, 2.45) is 12.8 Å². The SMILES string of the molecule is Cc1nn(C)cc1-c1cc(C(F)F)nc2sc(C(N)=O)c(NC(=O)C(C)n3cc([N+](=O)[O-])cn3)c12. The molecular formula is C20H18F2N8O4S. The van der Waals surface area contributed by atoms with Crippen LogP contribution < -0.4 is 11.1 Å². The van der Waals surface area contributed by atoms with Gasteiger partial charge >= 0.3 is 5.69 Å². The highest BCUT2D eigenvalue weighted by molar-refractivity contribution is 7.21. The number of aryl methyl sites for hydroxylation is 2. The van der Waals surface area contributed by atoms with Crippen molar-refractivity contribution in [1.82, 2.24) is 24.5 Å². The number of aromatic nitrogens is 5. The number of hydrogen-bond donors (Lipinski definition) is 2. The number of alkyl halides is 2. The first kappa shape index (κ1) is 23.9. The maximum atomic E-state index is 13.6. The molecule has 0 aliphatic heterocycles. The predicted molar refractivity (Wildman–Crippen MR) is 122 cm³/mol. The van der Waals surface area contributed by atoms with Gasteiger partial charge in [-0.15, -0.1) is 11.3 Å². The summed E-state index contributed by atoms with van der Waals surface area (Å²) in [7, 11) is 1.67. The lowest BCUT2D eigenvalue weighted by atomic mass is 10.0. The first-order valence-corrected chi connectivity index (χ1v) is 10.8. The number of anilines is 1. The van der Waals surface area contributed by atoms with Gasteiger partial charge in [0, 0.05) is 24.2 Å². The number of amides is 2. The number of nitrogens with one attached hydrogen (secondary N) is 1. The van der Waals surface area contributed by atoms with Crippen LogP contribution in [0.1, 0.15) is 40.5 Å². The van der Waals surface area contributed by atoms with Gasteiger partial charge in [0.15, 0.2) is 0 Å². The molecular weight excluding hydrogens is 486 g/mol. The molecule has 4 aromatic heterocycles. The molecule has 12 nitrogen and oxygen atoms in total. The van der Waals surface area contributed by atoms with Gasteiger partial charge in [0.05, 0.1) is 16.3 Å². The number of fused-ring (bicyclic) bond motifs is 1. The van der Waals surface area contributed by atoms with Crippen molar-refractivity contribution in [2.45, 2.75) is 26.3 Å². The van der Waals surface area contributed by atoms with Gasteiger partial charge in [-0.25, -0.2) is 13.8 Å². The molecule has 0 bridgehead atoms. The van der Waals surface area contributed by atoms with E-state index in [9.17, 15) is 28.5 Å². The molecule has 4 aromatic rings. The van der Waals surface area contributed by atoms with Gasteiger partial charge in [0.1, 0.15) is 33.8 Å². The minimum atomic E-state index is -2.89. The Hall–Kier alpha value is -4.27. The van der Waals surface area contributed by atoms with Gasteiger partial charge in [-0.1, -0.05) is 0 Å². The molecule has 0 aromatic carbocycles. The summed E-state index contributed by atoms with van der Waals surface area (Å²) >= 11 is 0.770. The number of nitrogens with zero attached hydrogens (tertiary/aromatic N) is 6. The van der Waals surface area contributed by atoms with Gasteiger partial charge in [-0.05, 0) is 25.5 Å². The summed E-state index contributed by atoms with van der Waals surface area (Å²) in [4.78, 5) is 39.5. The molecule has 1 atom stereocenters.